The highest BCUT2D eigenvalue weighted by atomic mass is 32.2. The first kappa shape index (κ1) is 15.1. The summed E-state index contributed by atoms with van der Waals surface area (Å²) in [5, 5.41) is 3.38. The second-order valence-electron chi connectivity index (χ2n) is 5.80. The summed E-state index contributed by atoms with van der Waals surface area (Å²) in [6.45, 7) is 2.23. The maximum Gasteiger partial charge on any atom is 0.242 e. The smallest absolute Gasteiger partial charge is 0.242 e. The third-order valence-corrected chi connectivity index (χ3v) is 5.67. The first-order valence-corrected chi connectivity index (χ1v) is 8.33. The van der Waals surface area contributed by atoms with E-state index in [0.717, 1.165) is 12.8 Å². The molecule has 1 saturated carbocycles. The fourth-order valence-corrected chi connectivity index (χ4v) is 3.52. The van der Waals surface area contributed by atoms with Gasteiger partial charge >= 0.3 is 0 Å². The average molecular weight is 297 g/mol. The number of rotatable bonds is 4. The lowest BCUT2D eigenvalue weighted by Crippen LogP contribution is -2.23. The number of nitrogens with two attached hydrogens (primary N) is 1. The Kier molecular flexibility index (Phi) is 4.25. The van der Waals surface area contributed by atoms with Crippen LogP contribution in [0.1, 0.15) is 26.2 Å². The zero-order chi connectivity index (χ0) is 14.9. The Labute approximate surface area is 121 Å². The van der Waals surface area contributed by atoms with Gasteiger partial charge in [-0.1, -0.05) is 6.92 Å². The molecule has 1 aliphatic rings. The number of hydrogen-bond donors (Lipinski definition) is 2. The molecule has 1 fully saturated rings. The topological polar surface area (TPSA) is 75.4 Å². The summed E-state index contributed by atoms with van der Waals surface area (Å²) in [6.07, 6.45) is 3.41. The predicted molar refractivity (Wildman–Crippen MR) is 82.2 cm³/mol. The van der Waals surface area contributed by atoms with Gasteiger partial charge in [-0.15, -0.1) is 0 Å². The summed E-state index contributed by atoms with van der Waals surface area (Å²) in [5.74, 6) is 0.711. The van der Waals surface area contributed by atoms with Gasteiger partial charge in [0.05, 0.1) is 16.3 Å². The van der Waals surface area contributed by atoms with Crippen LogP contribution >= 0.6 is 0 Å². The molecule has 0 radical (unpaired) electrons. The normalized spacial score (nSPS) is 23.2. The van der Waals surface area contributed by atoms with Crippen LogP contribution in [0.2, 0.25) is 0 Å². The number of hydrogen-bond acceptors (Lipinski definition) is 4. The predicted octanol–water partition coefficient (Wildman–Crippen LogP) is 2.12. The Bertz CT molecular complexity index is 584. The molecular weight excluding hydrogens is 274 g/mol. The summed E-state index contributed by atoms with van der Waals surface area (Å²) in [6, 6.07) is 5.21. The Balaban J connectivity index is 2.25. The molecule has 0 saturated heterocycles. The van der Waals surface area contributed by atoms with Crippen LogP contribution in [0.15, 0.2) is 23.1 Å². The monoisotopic (exact) mass is 297 g/mol. The summed E-state index contributed by atoms with van der Waals surface area (Å²) < 4.78 is 25.5. The van der Waals surface area contributed by atoms with E-state index in [9.17, 15) is 8.42 Å². The van der Waals surface area contributed by atoms with Gasteiger partial charge in [-0.3, -0.25) is 0 Å². The molecule has 1 aromatic rings. The van der Waals surface area contributed by atoms with Crippen molar-refractivity contribution in [1.82, 2.24) is 4.31 Å². The minimum absolute atomic E-state index is 0.269. The van der Waals surface area contributed by atoms with Crippen molar-refractivity contribution in [1.29, 1.82) is 0 Å². The van der Waals surface area contributed by atoms with E-state index < -0.39 is 10.0 Å². The lowest BCUT2D eigenvalue weighted by molar-refractivity contribution is 0.521. The molecular formula is C14H23N3O2S. The van der Waals surface area contributed by atoms with Crippen LogP contribution in [0, 0.1) is 5.92 Å². The average Bonchev–Trinajstić information content (AvgIpc) is 2.77. The Morgan fingerprint density at radius 1 is 1.30 bits per heavy atom. The van der Waals surface area contributed by atoms with Crippen LogP contribution in [0.4, 0.5) is 11.4 Å². The van der Waals surface area contributed by atoms with Gasteiger partial charge in [-0.25, -0.2) is 12.7 Å². The molecule has 2 rings (SSSR count). The molecule has 3 N–H and O–H groups in total. The molecule has 0 bridgehead atoms. The van der Waals surface area contributed by atoms with Crippen molar-refractivity contribution in [2.24, 2.45) is 5.92 Å². The molecule has 0 spiro atoms. The fourth-order valence-electron chi connectivity index (χ4n) is 2.59. The third kappa shape index (κ3) is 3.07. The summed E-state index contributed by atoms with van der Waals surface area (Å²) in [5.41, 5.74) is 7.25. The Hall–Kier alpha value is -1.27. The standard InChI is InChI=1S/C14H23N3O2S/c1-10-4-5-11(8-10)16-14-9-12(6-7-13(14)15)20(18,19)17(2)3/h6-7,9-11,16H,4-5,8,15H2,1-3H3. The van der Waals surface area contributed by atoms with E-state index in [1.165, 1.54) is 24.8 Å². The molecule has 112 valence electrons. The maximum atomic E-state index is 12.1. The van der Waals surface area contributed by atoms with Gasteiger partial charge in [0, 0.05) is 20.1 Å². The quantitative estimate of drug-likeness (QED) is 0.835. The van der Waals surface area contributed by atoms with Crippen LogP contribution in [-0.2, 0) is 10.0 Å². The molecule has 1 aromatic carbocycles. The van der Waals surface area contributed by atoms with Gasteiger partial charge in [0.1, 0.15) is 0 Å². The third-order valence-electron chi connectivity index (χ3n) is 3.86. The number of nitrogens with one attached hydrogen (secondary N) is 1. The highest BCUT2D eigenvalue weighted by Gasteiger charge is 2.23. The highest BCUT2D eigenvalue weighted by molar-refractivity contribution is 7.89. The molecule has 0 aromatic heterocycles. The number of nitrogen functional groups attached to an aromatic ring is 1. The van der Waals surface area contributed by atoms with E-state index in [1.807, 2.05) is 0 Å². The molecule has 0 amide bonds. The highest BCUT2D eigenvalue weighted by Crippen LogP contribution is 2.31. The fraction of sp³-hybridized carbons (Fsp3) is 0.571. The van der Waals surface area contributed by atoms with E-state index >= 15 is 0 Å². The lowest BCUT2D eigenvalue weighted by Gasteiger charge is -2.18. The summed E-state index contributed by atoms with van der Waals surface area (Å²) in [4.78, 5) is 0.269. The van der Waals surface area contributed by atoms with E-state index in [-0.39, 0.29) is 4.90 Å². The molecule has 5 nitrogen and oxygen atoms in total. The Morgan fingerprint density at radius 3 is 2.55 bits per heavy atom. The van der Waals surface area contributed by atoms with Crippen molar-refractivity contribution in [2.45, 2.75) is 37.1 Å². The van der Waals surface area contributed by atoms with E-state index in [1.54, 1.807) is 18.2 Å². The van der Waals surface area contributed by atoms with E-state index in [0.29, 0.717) is 23.3 Å². The van der Waals surface area contributed by atoms with Gasteiger partial charge in [0.2, 0.25) is 10.0 Å². The van der Waals surface area contributed by atoms with Crippen molar-refractivity contribution in [3.63, 3.8) is 0 Å². The first-order chi connectivity index (χ1) is 9.30. The molecule has 20 heavy (non-hydrogen) atoms. The lowest BCUT2D eigenvalue weighted by atomic mass is 10.1. The van der Waals surface area contributed by atoms with Crippen molar-refractivity contribution in [3.05, 3.63) is 18.2 Å². The second-order valence-corrected chi connectivity index (χ2v) is 7.95. The van der Waals surface area contributed by atoms with Crippen LogP contribution in [0.3, 0.4) is 0 Å². The van der Waals surface area contributed by atoms with Crippen LogP contribution in [0.5, 0.6) is 0 Å². The zero-order valence-corrected chi connectivity index (χ0v) is 13.1. The van der Waals surface area contributed by atoms with Gasteiger partial charge in [-0.2, -0.15) is 0 Å². The van der Waals surface area contributed by atoms with Crippen LogP contribution in [-0.4, -0.2) is 32.9 Å². The first-order valence-electron chi connectivity index (χ1n) is 6.89. The van der Waals surface area contributed by atoms with Gasteiger partial charge < -0.3 is 11.1 Å². The van der Waals surface area contributed by atoms with E-state index in [2.05, 4.69) is 12.2 Å². The SMILES string of the molecule is CC1CCC(Nc2cc(S(=O)(=O)N(C)C)ccc2N)C1. The number of benzene rings is 1. The number of sulfonamides is 1. The Morgan fingerprint density at radius 2 is 2.00 bits per heavy atom. The molecule has 0 heterocycles. The molecule has 1 aliphatic carbocycles. The van der Waals surface area contributed by atoms with Gasteiger partial charge in [0.25, 0.3) is 0 Å². The number of nitrogens with zero attached hydrogens (tertiary/aromatic N) is 1. The maximum absolute atomic E-state index is 12.1. The van der Waals surface area contributed by atoms with Crippen LogP contribution in [0.25, 0.3) is 0 Å². The molecule has 6 heteroatoms. The second kappa shape index (κ2) is 5.61. The van der Waals surface area contributed by atoms with Crippen molar-refractivity contribution < 1.29 is 8.42 Å². The minimum atomic E-state index is -3.42. The zero-order valence-electron chi connectivity index (χ0n) is 12.3. The largest absolute Gasteiger partial charge is 0.397 e. The summed E-state index contributed by atoms with van der Waals surface area (Å²) >= 11 is 0. The van der Waals surface area contributed by atoms with Crippen LogP contribution < -0.4 is 11.1 Å². The number of anilines is 2. The van der Waals surface area contributed by atoms with Crippen molar-refractivity contribution in [2.75, 3.05) is 25.1 Å². The molecule has 2 atom stereocenters. The minimum Gasteiger partial charge on any atom is -0.397 e. The van der Waals surface area contributed by atoms with Crippen molar-refractivity contribution >= 4 is 21.4 Å². The van der Waals surface area contributed by atoms with E-state index in [4.69, 9.17) is 5.73 Å². The molecule has 2 unspecified atom stereocenters. The van der Waals surface area contributed by atoms with Gasteiger partial charge in [-0.05, 0) is 43.4 Å². The van der Waals surface area contributed by atoms with Gasteiger partial charge in [0.15, 0.2) is 0 Å². The molecule has 0 aliphatic heterocycles. The summed E-state index contributed by atoms with van der Waals surface area (Å²) in [7, 11) is -0.372. The van der Waals surface area contributed by atoms with Crippen molar-refractivity contribution in [3.8, 4) is 0 Å².